The van der Waals surface area contributed by atoms with E-state index in [4.69, 9.17) is 0 Å². The molecule has 3 nitrogen and oxygen atoms in total. The van der Waals surface area contributed by atoms with Crippen molar-refractivity contribution in [1.29, 1.82) is 0 Å². The van der Waals surface area contributed by atoms with Crippen molar-refractivity contribution in [2.45, 2.75) is 59.4 Å². The van der Waals surface area contributed by atoms with Gasteiger partial charge < -0.3 is 4.57 Å². The van der Waals surface area contributed by atoms with Crippen LogP contribution in [0, 0.1) is 0 Å². The lowest BCUT2D eigenvalue weighted by Gasteiger charge is -2.10. The maximum atomic E-state index is 12.4. The summed E-state index contributed by atoms with van der Waals surface area (Å²) in [6.45, 7) is 13.1. The number of allylic oxidation sites excluding steroid dienone is 1. The van der Waals surface area contributed by atoms with Crippen LogP contribution in [0.1, 0.15) is 69.1 Å². The number of hydrogen-bond donors (Lipinski definition) is 0. The van der Waals surface area contributed by atoms with Crippen molar-refractivity contribution in [1.82, 2.24) is 9.55 Å². The van der Waals surface area contributed by atoms with Crippen molar-refractivity contribution in [3.8, 4) is 0 Å². The first kappa shape index (κ1) is 16.5. The molecule has 0 aliphatic rings. The Kier molecular flexibility index (Phi) is 5.17. The number of imidazole rings is 1. The number of ketones is 1. The highest BCUT2D eigenvalue weighted by molar-refractivity contribution is 5.96. The van der Waals surface area contributed by atoms with Crippen LogP contribution in [0.15, 0.2) is 30.4 Å². The van der Waals surface area contributed by atoms with E-state index >= 15 is 0 Å². The zero-order valence-electron chi connectivity index (χ0n) is 14.1. The van der Waals surface area contributed by atoms with Gasteiger partial charge in [-0.2, -0.15) is 0 Å². The summed E-state index contributed by atoms with van der Waals surface area (Å²) >= 11 is 0. The van der Waals surface area contributed by atoms with Gasteiger partial charge >= 0.3 is 0 Å². The van der Waals surface area contributed by atoms with E-state index in [1.54, 1.807) is 0 Å². The van der Waals surface area contributed by atoms with Crippen LogP contribution in [0.25, 0.3) is 11.0 Å². The normalized spacial score (nSPS) is 11.3. The molecule has 0 aliphatic carbocycles. The maximum Gasteiger partial charge on any atom is 0.198 e. The molecule has 0 atom stereocenters. The SMILES string of the molecule is C=C(C)CCn1c(C(=O)CCC)nc2ccc(C(C)C)cc21. The molecule has 0 fully saturated rings. The molecule has 22 heavy (non-hydrogen) atoms. The Hall–Kier alpha value is -1.90. The summed E-state index contributed by atoms with van der Waals surface area (Å²) < 4.78 is 2.08. The third kappa shape index (κ3) is 3.46. The molecule has 1 aromatic heterocycles. The summed E-state index contributed by atoms with van der Waals surface area (Å²) in [6.07, 6.45) is 2.26. The van der Waals surface area contributed by atoms with E-state index in [-0.39, 0.29) is 5.78 Å². The molecule has 0 unspecified atom stereocenters. The lowest BCUT2D eigenvalue weighted by molar-refractivity contribution is 0.0968. The van der Waals surface area contributed by atoms with Crippen LogP contribution >= 0.6 is 0 Å². The number of Topliss-reactive ketones (excluding diaryl/α,β-unsaturated/α-hetero) is 1. The van der Waals surface area contributed by atoms with Crippen LogP contribution in [-0.2, 0) is 6.54 Å². The quantitative estimate of drug-likeness (QED) is 0.526. The van der Waals surface area contributed by atoms with Gasteiger partial charge in [-0.25, -0.2) is 4.98 Å². The predicted octanol–water partition coefficient (Wildman–Crippen LogP) is 5.11. The van der Waals surface area contributed by atoms with Gasteiger partial charge in [-0.1, -0.05) is 32.4 Å². The van der Waals surface area contributed by atoms with Gasteiger partial charge in [-0.3, -0.25) is 4.79 Å². The lowest BCUT2D eigenvalue weighted by Crippen LogP contribution is -2.11. The number of carbonyl (C=O) groups excluding carboxylic acids is 1. The summed E-state index contributed by atoms with van der Waals surface area (Å²) in [5, 5.41) is 0. The summed E-state index contributed by atoms with van der Waals surface area (Å²) in [5.74, 6) is 1.19. The van der Waals surface area contributed by atoms with Crippen LogP contribution in [0.3, 0.4) is 0 Å². The van der Waals surface area contributed by atoms with E-state index in [0.29, 0.717) is 18.2 Å². The number of hydrogen-bond acceptors (Lipinski definition) is 2. The number of benzene rings is 1. The minimum Gasteiger partial charge on any atom is -0.321 e. The first-order chi connectivity index (χ1) is 10.4. The number of fused-ring (bicyclic) bond motifs is 1. The molecular formula is C19H26N2O. The third-order valence-electron chi connectivity index (χ3n) is 3.93. The first-order valence-corrected chi connectivity index (χ1v) is 8.11. The second kappa shape index (κ2) is 6.91. The van der Waals surface area contributed by atoms with Gasteiger partial charge in [0.15, 0.2) is 11.6 Å². The first-order valence-electron chi connectivity index (χ1n) is 8.11. The molecule has 0 saturated heterocycles. The van der Waals surface area contributed by atoms with Gasteiger partial charge in [-0.05, 0) is 43.4 Å². The lowest BCUT2D eigenvalue weighted by atomic mass is 10.0. The maximum absolute atomic E-state index is 12.4. The van der Waals surface area contributed by atoms with Crippen molar-refractivity contribution >= 4 is 16.8 Å². The van der Waals surface area contributed by atoms with Gasteiger partial charge in [0.2, 0.25) is 0 Å². The second-order valence-corrected chi connectivity index (χ2v) is 6.37. The Morgan fingerprint density at radius 1 is 1.32 bits per heavy atom. The summed E-state index contributed by atoms with van der Waals surface area (Å²) in [6, 6.07) is 6.32. The van der Waals surface area contributed by atoms with E-state index in [1.807, 2.05) is 19.9 Å². The van der Waals surface area contributed by atoms with Crippen LogP contribution < -0.4 is 0 Å². The highest BCUT2D eigenvalue weighted by Crippen LogP contribution is 2.24. The van der Waals surface area contributed by atoms with Gasteiger partial charge in [0, 0.05) is 13.0 Å². The highest BCUT2D eigenvalue weighted by Gasteiger charge is 2.17. The molecule has 118 valence electrons. The zero-order valence-corrected chi connectivity index (χ0v) is 14.1. The number of nitrogens with zero attached hydrogens (tertiary/aromatic N) is 2. The Morgan fingerprint density at radius 3 is 2.64 bits per heavy atom. The summed E-state index contributed by atoms with van der Waals surface area (Å²) in [5.41, 5.74) is 4.37. The summed E-state index contributed by atoms with van der Waals surface area (Å²) in [4.78, 5) is 17.0. The van der Waals surface area contributed by atoms with Crippen LogP contribution in [-0.4, -0.2) is 15.3 Å². The number of aromatic nitrogens is 2. The molecular weight excluding hydrogens is 272 g/mol. The summed E-state index contributed by atoms with van der Waals surface area (Å²) in [7, 11) is 0. The van der Waals surface area contributed by atoms with E-state index < -0.39 is 0 Å². The molecule has 0 amide bonds. The number of carbonyl (C=O) groups is 1. The Balaban J connectivity index is 2.54. The van der Waals surface area contributed by atoms with Gasteiger partial charge in [0.25, 0.3) is 0 Å². The second-order valence-electron chi connectivity index (χ2n) is 6.37. The van der Waals surface area contributed by atoms with E-state index in [9.17, 15) is 4.79 Å². The molecule has 1 aromatic carbocycles. The smallest absolute Gasteiger partial charge is 0.198 e. The average molecular weight is 298 g/mol. The van der Waals surface area contributed by atoms with Crippen molar-refractivity contribution in [2.24, 2.45) is 0 Å². The zero-order chi connectivity index (χ0) is 16.3. The fourth-order valence-corrected chi connectivity index (χ4v) is 2.58. The molecule has 0 N–H and O–H groups in total. The molecule has 0 aliphatic heterocycles. The Labute approximate surface area is 133 Å². The topological polar surface area (TPSA) is 34.9 Å². The fraction of sp³-hybridized carbons (Fsp3) is 0.474. The standard InChI is InChI=1S/C19H26N2O/c1-6-7-18(22)19-20-16-9-8-15(14(4)5)12-17(16)21(19)11-10-13(2)3/h8-9,12,14H,2,6-7,10-11H2,1,3-5H3. The van der Waals surface area contributed by atoms with E-state index in [1.165, 1.54) is 5.56 Å². The Morgan fingerprint density at radius 2 is 2.05 bits per heavy atom. The molecule has 2 aromatic rings. The Bertz CT molecular complexity index is 695. The van der Waals surface area contributed by atoms with Gasteiger partial charge in [0.1, 0.15) is 0 Å². The predicted molar refractivity (Wildman–Crippen MR) is 92.5 cm³/mol. The monoisotopic (exact) mass is 298 g/mol. The molecule has 0 radical (unpaired) electrons. The van der Waals surface area contributed by atoms with E-state index in [0.717, 1.165) is 36.0 Å². The number of aryl methyl sites for hydroxylation is 1. The minimum atomic E-state index is 0.131. The van der Waals surface area contributed by atoms with Crippen molar-refractivity contribution in [2.75, 3.05) is 0 Å². The largest absolute Gasteiger partial charge is 0.321 e. The van der Waals surface area contributed by atoms with Crippen LogP contribution in [0.5, 0.6) is 0 Å². The minimum absolute atomic E-state index is 0.131. The van der Waals surface area contributed by atoms with Crippen LogP contribution in [0.4, 0.5) is 0 Å². The van der Waals surface area contributed by atoms with E-state index in [2.05, 4.69) is 42.1 Å². The molecule has 2 rings (SSSR count). The molecule has 0 spiro atoms. The molecule has 1 heterocycles. The van der Waals surface area contributed by atoms with Crippen molar-refractivity contribution in [3.05, 3.63) is 41.7 Å². The van der Waals surface area contributed by atoms with Crippen molar-refractivity contribution in [3.63, 3.8) is 0 Å². The molecule has 0 saturated carbocycles. The van der Waals surface area contributed by atoms with Crippen molar-refractivity contribution < 1.29 is 4.79 Å². The molecule has 3 heteroatoms. The molecule has 0 bridgehead atoms. The van der Waals surface area contributed by atoms with Gasteiger partial charge in [-0.15, -0.1) is 6.58 Å². The third-order valence-corrected chi connectivity index (χ3v) is 3.93. The van der Waals surface area contributed by atoms with Crippen LogP contribution in [0.2, 0.25) is 0 Å². The van der Waals surface area contributed by atoms with Gasteiger partial charge in [0.05, 0.1) is 11.0 Å². The highest BCUT2D eigenvalue weighted by atomic mass is 16.1. The average Bonchev–Trinajstić information content (AvgIpc) is 2.83. The fourth-order valence-electron chi connectivity index (χ4n) is 2.58. The number of rotatable bonds is 7.